The number of aliphatic hydroxyl groups is 1. The Bertz CT molecular complexity index is 4710. The quantitative estimate of drug-likeness (QED) is 0.0304. The summed E-state index contributed by atoms with van der Waals surface area (Å²) in [5.41, 5.74) is 3.91. The van der Waals surface area contributed by atoms with Gasteiger partial charge in [-0.3, -0.25) is 10.1 Å². The average Bonchev–Trinajstić information content (AvgIpc) is 0.952. The van der Waals surface area contributed by atoms with Crippen molar-refractivity contribution in [1.82, 2.24) is 59.8 Å². The molecule has 112 heavy (non-hydrogen) atoms. The van der Waals surface area contributed by atoms with E-state index in [-0.39, 0.29) is 17.0 Å². The van der Waals surface area contributed by atoms with Crippen LogP contribution in [0.1, 0.15) is 56.4 Å². The molecule has 0 unspecified atom stereocenters. The number of hydrogen-bond donors (Lipinski definition) is 6. The van der Waals surface area contributed by atoms with Gasteiger partial charge in [-0.15, -0.1) is 0 Å². The second kappa shape index (κ2) is 48.3. The predicted octanol–water partition coefficient (Wildman–Crippen LogP) is 18.8. The average molecular weight is 1900 g/mol. The van der Waals surface area contributed by atoms with Crippen LogP contribution in [0.15, 0.2) is 211 Å². The number of benzene rings is 4. The van der Waals surface area contributed by atoms with E-state index >= 15 is 0 Å². The van der Waals surface area contributed by atoms with E-state index in [0.717, 1.165) is 88.8 Å². The first-order valence-electron chi connectivity index (χ1n) is 31.5. The fourth-order valence-corrected chi connectivity index (χ4v) is 9.79. The Kier molecular flexibility index (Phi) is 41.7. The van der Waals surface area contributed by atoms with Crippen molar-refractivity contribution in [3.8, 4) is 68.3 Å². The van der Waals surface area contributed by atoms with Crippen LogP contribution in [0.4, 0.5) is 52.7 Å². The van der Waals surface area contributed by atoms with Crippen LogP contribution < -0.4 is 24.4 Å². The summed E-state index contributed by atoms with van der Waals surface area (Å²) >= 11 is 15.1. The molecule has 12 aromatic rings. The van der Waals surface area contributed by atoms with Gasteiger partial charge in [0.1, 0.15) is 80.3 Å². The second-order valence-electron chi connectivity index (χ2n) is 21.7. The lowest BCUT2D eigenvalue weighted by Crippen LogP contribution is -2.30. The molecule has 8 aromatic heterocycles. The highest BCUT2D eigenvalue weighted by Gasteiger charge is 2.34. The van der Waals surface area contributed by atoms with Crippen LogP contribution in [0.5, 0.6) is 34.5 Å². The minimum atomic E-state index is -4.45. The number of methoxy groups -OCH3 is 4. The molecule has 0 aliphatic carbocycles. The summed E-state index contributed by atoms with van der Waals surface area (Å²) in [5.74, 6) is 2.46. The largest absolute Gasteiger partial charge is 0.506 e. The van der Waals surface area contributed by atoms with E-state index in [4.69, 9.17) is 44.3 Å². The smallest absolute Gasteiger partial charge is 0.488 e. The van der Waals surface area contributed by atoms with Crippen molar-refractivity contribution in [3.05, 3.63) is 267 Å². The van der Waals surface area contributed by atoms with E-state index in [1.807, 2.05) is 32.9 Å². The number of rotatable bonds is 11. The Morgan fingerprint density at radius 3 is 1.21 bits per heavy atom. The molecule has 6 N–H and O–H groups in total. The number of hydrogen-bond acceptors (Lipinski definition) is 19. The number of halogens is 17. The maximum Gasteiger partial charge on any atom is 0.488 e. The van der Waals surface area contributed by atoms with Gasteiger partial charge >= 0.3 is 31.8 Å². The first-order valence-corrected chi connectivity index (χ1v) is 37.9. The topological polar surface area (TPSA) is 288 Å². The number of pyridine rings is 6. The summed E-state index contributed by atoms with van der Waals surface area (Å²) in [6.07, 6.45) is -10.3. The molecule has 21 nitrogen and oxygen atoms in total. The van der Waals surface area contributed by atoms with Crippen molar-refractivity contribution in [1.29, 1.82) is 0 Å². The molecule has 0 spiro atoms. The zero-order valence-electron chi connectivity index (χ0n) is 60.3. The van der Waals surface area contributed by atoms with Crippen molar-refractivity contribution in [2.24, 2.45) is 0 Å². The molecule has 0 radical (unpaired) electrons. The van der Waals surface area contributed by atoms with Crippen molar-refractivity contribution in [3.63, 3.8) is 0 Å². The molecule has 0 saturated heterocycles. The number of aryl methyl sites for hydroxylation is 4. The van der Waals surface area contributed by atoms with Crippen molar-refractivity contribution < 1.29 is 97.0 Å². The summed E-state index contributed by atoms with van der Waals surface area (Å²) in [4.78, 5) is 32.3. The highest BCUT2D eigenvalue weighted by molar-refractivity contribution is 9.93. The Morgan fingerprint density at radius 2 is 0.857 bits per heavy atom. The van der Waals surface area contributed by atoms with Gasteiger partial charge in [0.25, 0.3) is 0 Å². The Labute approximate surface area is 676 Å². The van der Waals surface area contributed by atoms with Crippen molar-refractivity contribution in [2.45, 2.75) is 64.3 Å². The predicted molar refractivity (Wildman–Crippen MR) is 416 cm³/mol. The lowest BCUT2D eigenvalue weighted by molar-refractivity contribution is -0.138. The fraction of sp³-hybridized carbons (Fsp3) is 0.205. The highest BCUT2D eigenvalue weighted by atomic mass is 80.9. The van der Waals surface area contributed by atoms with E-state index in [1.165, 1.54) is 77.1 Å². The molecule has 39 heteroatoms. The number of aromatic hydroxyl groups is 2. The number of ether oxygens (including phenoxy) is 4. The van der Waals surface area contributed by atoms with Crippen LogP contribution in [0.2, 0.25) is 0 Å². The molecular formula is C73H70BBr5F12N12O9. The molecule has 0 fully saturated rings. The van der Waals surface area contributed by atoms with Gasteiger partial charge in [0.15, 0.2) is 5.75 Å². The number of aromatic nitrogens is 12. The van der Waals surface area contributed by atoms with E-state index in [1.54, 1.807) is 97.6 Å². The lowest BCUT2D eigenvalue weighted by Gasteiger charge is -2.12. The molecule has 12 rings (SSSR count). The molecule has 598 valence electrons. The summed E-state index contributed by atoms with van der Waals surface area (Å²) in [7, 11) is 5.12. The van der Waals surface area contributed by atoms with Gasteiger partial charge in [-0.2, -0.15) is 62.9 Å². The standard InChI is InChI=1S/C16H13F3N4O.C14H11BrF3NO.C14H12F3NO.C7H6BF3O2.C7H8BrNO.C6H6BrNO.C6H7NO.C2H3N3.CH4O.Br2/c1-24-14-6-5-13(8-23-10-20-9-21-23)22-15(14)11-3-2-4-12(7-11)16(17,18)19;1-20-12-6-5-11(8-15)19-13(12)9-3-2-4-10(7-9)14(16,17)18;1-9-6-7-12(19-2)13(18-9)10-4-3-5-11(8-10)14(15,16)17;9-7(10,11)5-2-1-3-6(4-5)8(12)13;1-5-3-4-6(10-2)7(8)9-5;1-4-2-3-5(9)6(7)8-4;1-5-2-3-6(8)4-7-5;1-3-2-5-4-1;2*1-2/h2-7,9-10H,8H2,1H3;2-7H,8H2,1H3;3-8H,1-2H3;1-4,12-13H;3-4H,1-2H3;2-3,9H,1H3;2-4,8H,1H3;1-2H,(H,3,4,5);2H,1H3;. The highest BCUT2D eigenvalue weighted by Crippen LogP contribution is 2.38. The third-order valence-corrected chi connectivity index (χ3v) is 15.4. The van der Waals surface area contributed by atoms with Gasteiger partial charge in [0.05, 0.1) is 74.8 Å². The van der Waals surface area contributed by atoms with Crippen LogP contribution in [0.25, 0.3) is 33.8 Å². The monoisotopic (exact) mass is 1890 g/mol. The summed E-state index contributed by atoms with van der Waals surface area (Å²) in [6.45, 7) is 7.81. The first kappa shape index (κ1) is 96.6. The molecule has 0 atom stereocenters. The van der Waals surface area contributed by atoms with Gasteiger partial charge < -0.3 is 44.3 Å². The minimum Gasteiger partial charge on any atom is -0.506 e. The Morgan fingerprint density at radius 1 is 0.455 bits per heavy atom. The Hall–Kier alpha value is -9.64. The van der Waals surface area contributed by atoms with Gasteiger partial charge in [0, 0.05) is 80.2 Å². The van der Waals surface area contributed by atoms with Gasteiger partial charge in [-0.05, 0) is 174 Å². The number of alkyl halides is 13. The van der Waals surface area contributed by atoms with E-state index in [0.29, 0.717) is 85.0 Å². The number of H-pyrrole nitrogens is 1. The SMILES string of the molecule is BrBr.CO.COc1ccc(C)nc1-c1cccc(C(F)(F)F)c1.COc1ccc(C)nc1Br.COc1ccc(CBr)nc1-c1cccc(C(F)(F)F)c1.COc1ccc(Cn2cncn2)nc1-c1cccc(C(F)(F)F)c1.Cc1ccc(O)c(Br)n1.Cc1ccc(O)cn1.OB(O)c1cccc(C(F)(F)F)c1.c1nc[nH]n1. The first-order chi connectivity index (χ1) is 53.0. The third-order valence-electron chi connectivity index (χ3n) is 13.7. The van der Waals surface area contributed by atoms with Gasteiger partial charge in [-0.25, -0.2) is 39.6 Å². The van der Waals surface area contributed by atoms with Gasteiger partial charge in [0.2, 0.25) is 0 Å². The van der Waals surface area contributed by atoms with Crippen LogP contribution in [0, 0.1) is 27.7 Å². The molecular weight excluding hydrogens is 1830 g/mol. The molecule has 0 aliphatic heterocycles. The molecule has 8 heterocycles. The summed E-state index contributed by atoms with van der Waals surface area (Å²) in [5, 5.41) is 52.3. The summed E-state index contributed by atoms with van der Waals surface area (Å²) in [6, 6.07) is 39.8. The number of aliphatic hydroxyl groups excluding tert-OH is 1. The molecule has 0 amide bonds. The second-order valence-corrected chi connectivity index (χ2v) is 23.8. The zero-order valence-corrected chi connectivity index (χ0v) is 68.2. The molecule has 0 aliphatic rings. The van der Waals surface area contributed by atoms with E-state index in [2.05, 4.69) is 131 Å². The zero-order chi connectivity index (χ0) is 83.9. The number of aromatic amines is 1. The normalized spacial score (nSPS) is 10.5. The molecule has 0 saturated carbocycles. The molecule has 4 aromatic carbocycles. The lowest BCUT2D eigenvalue weighted by atomic mass is 9.79. The van der Waals surface area contributed by atoms with Crippen molar-refractivity contribution >= 4 is 88.6 Å². The van der Waals surface area contributed by atoms with E-state index < -0.39 is 54.1 Å². The van der Waals surface area contributed by atoms with Crippen LogP contribution in [-0.4, -0.2) is 128 Å². The van der Waals surface area contributed by atoms with Crippen molar-refractivity contribution in [2.75, 3.05) is 35.5 Å². The fourth-order valence-electron chi connectivity index (χ4n) is 8.49. The molecule has 0 bridgehead atoms. The van der Waals surface area contributed by atoms with Crippen LogP contribution in [-0.2, 0) is 36.6 Å². The Balaban J connectivity index is 0.000000341. The van der Waals surface area contributed by atoms with Crippen LogP contribution in [0.3, 0.4) is 0 Å². The van der Waals surface area contributed by atoms with Gasteiger partial charge in [-0.1, -0.05) is 76.6 Å². The number of nitrogens with zero attached hydrogens (tertiary/aromatic N) is 11. The number of nitrogens with one attached hydrogen (secondary N) is 1. The van der Waals surface area contributed by atoms with Crippen LogP contribution >= 0.6 is 76.0 Å². The minimum absolute atomic E-state index is 0.171. The maximum absolute atomic E-state index is 12.9. The van der Waals surface area contributed by atoms with E-state index in [9.17, 15) is 52.7 Å². The summed E-state index contributed by atoms with van der Waals surface area (Å²) < 4.78 is 175. The maximum atomic E-state index is 12.9. The third kappa shape index (κ3) is 33.7.